The van der Waals surface area contributed by atoms with Gasteiger partial charge in [0.15, 0.2) is 0 Å². The second-order valence-electron chi connectivity index (χ2n) is 23.5. The van der Waals surface area contributed by atoms with E-state index < -0.39 is 59.2 Å². The Hall–Kier alpha value is -5.82. The lowest BCUT2D eigenvalue weighted by Crippen LogP contribution is -2.47. The van der Waals surface area contributed by atoms with Crippen molar-refractivity contribution in [3.63, 3.8) is 0 Å². The van der Waals surface area contributed by atoms with E-state index in [9.17, 15) is 45.9 Å². The summed E-state index contributed by atoms with van der Waals surface area (Å²) in [6, 6.07) is 18.2. The monoisotopic (exact) mass is 1440 g/mol. The van der Waals surface area contributed by atoms with Crippen LogP contribution in [0.25, 0.3) is 0 Å². The molecule has 0 aliphatic carbocycles. The molecule has 101 heavy (non-hydrogen) atoms. The van der Waals surface area contributed by atoms with Crippen molar-refractivity contribution in [2.45, 2.75) is 161 Å². The molecule has 0 aromatic heterocycles. The molecule has 0 saturated carbocycles. The van der Waals surface area contributed by atoms with Gasteiger partial charge >= 0.3 is 17.9 Å². The predicted molar refractivity (Wildman–Crippen MR) is 365 cm³/mol. The second kappa shape index (κ2) is 62.7. The summed E-state index contributed by atoms with van der Waals surface area (Å²) >= 11 is 0. The van der Waals surface area contributed by atoms with Gasteiger partial charge in [-0.3, -0.25) is 19.2 Å². The van der Waals surface area contributed by atoms with Crippen LogP contribution in [0.5, 0.6) is 5.75 Å². The molecule has 0 spiro atoms. The Morgan fingerprint density at radius 1 is 0.366 bits per heavy atom. The summed E-state index contributed by atoms with van der Waals surface area (Å²) in [6.07, 6.45) is 16.7. The van der Waals surface area contributed by atoms with Crippen molar-refractivity contribution in [1.29, 1.82) is 0 Å². The predicted octanol–water partition coefficient (Wildman–Crippen LogP) is 11.5. The number of esters is 3. The third kappa shape index (κ3) is 47.2. The Bertz CT molecular complexity index is 2540. The molecule has 574 valence electrons. The van der Waals surface area contributed by atoms with E-state index in [1.54, 1.807) is 4.90 Å². The molecule has 22 nitrogen and oxygen atoms in total. The first-order chi connectivity index (χ1) is 49.4. The van der Waals surface area contributed by atoms with Gasteiger partial charge in [0.05, 0.1) is 165 Å². The number of carbonyl (C=O) groups excluding carboxylic acids is 5. The standard InChI is InChI=1S/C74H113F5N2O20/c1-2-3-4-5-6-7-11-14-23-34-81(65(83)28-21-12-9-8-10-13-22-29-66(84)99-59-61-24-17-15-18-25-61)63(74(86)100-60-62-26-19-16-20-27-62)30-31-64(82)80-33-36-88-38-40-90-42-44-92-46-48-94-50-52-96-54-56-98-58-57-97-55-53-95-51-49-93-47-45-91-43-41-89-39-37-87-35-32-67(85)101-73-71(78)69(76)68(75)70(77)72(73)79/h15-20,24-27,63H,2-14,21-23,28-60H2,1H3,(H,80,82)/t63-/m0/s1. The number of ether oxygens (including phenoxy) is 15. The van der Waals surface area contributed by atoms with Gasteiger partial charge in [-0.05, 0) is 36.8 Å². The van der Waals surface area contributed by atoms with E-state index >= 15 is 0 Å². The molecular formula is C74H113F5N2O20. The summed E-state index contributed by atoms with van der Waals surface area (Å²) in [4.78, 5) is 66.9. The topological polar surface area (TPSA) is 239 Å². The molecule has 1 N–H and O–H groups in total. The summed E-state index contributed by atoms with van der Waals surface area (Å²) in [5.74, 6) is -15.2. The number of benzene rings is 3. The Morgan fingerprint density at radius 2 is 0.713 bits per heavy atom. The molecule has 1 atom stereocenters. The quantitative estimate of drug-likeness (QED) is 0.0138. The maximum Gasteiger partial charge on any atom is 0.329 e. The van der Waals surface area contributed by atoms with E-state index in [1.165, 1.54) is 32.1 Å². The third-order valence-electron chi connectivity index (χ3n) is 15.4. The normalized spacial score (nSPS) is 11.7. The third-order valence-corrected chi connectivity index (χ3v) is 15.4. The van der Waals surface area contributed by atoms with E-state index in [0.29, 0.717) is 145 Å². The molecule has 0 aliphatic heterocycles. The molecule has 3 aromatic carbocycles. The van der Waals surface area contributed by atoms with Gasteiger partial charge in [0, 0.05) is 32.4 Å². The van der Waals surface area contributed by atoms with E-state index in [1.807, 2.05) is 60.7 Å². The number of carbonyl (C=O) groups is 5. The lowest BCUT2D eigenvalue weighted by molar-refractivity contribution is -0.157. The summed E-state index contributed by atoms with van der Waals surface area (Å²) in [5.41, 5.74) is 1.81. The summed E-state index contributed by atoms with van der Waals surface area (Å²) in [5, 5.41) is 2.89. The van der Waals surface area contributed by atoms with Gasteiger partial charge in [-0.2, -0.15) is 8.78 Å². The summed E-state index contributed by atoms with van der Waals surface area (Å²) < 4.78 is 148. The van der Waals surface area contributed by atoms with E-state index in [2.05, 4.69) is 17.0 Å². The van der Waals surface area contributed by atoms with Crippen molar-refractivity contribution in [3.05, 3.63) is 101 Å². The number of halogens is 5. The van der Waals surface area contributed by atoms with Crippen LogP contribution in [0.15, 0.2) is 60.7 Å². The van der Waals surface area contributed by atoms with Crippen molar-refractivity contribution in [2.24, 2.45) is 0 Å². The zero-order valence-corrected chi connectivity index (χ0v) is 59.5. The van der Waals surface area contributed by atoms with Crippen LogP contribution < -0.4 is 10.1 Å². The zero-order chi connectivity index (χ0) is 72.7. The maximum absolute atomic E-state index is 14.1. The fourth-order valence-electron chi connectivity index (χ4n) is 9.79. The zero-order valence-electron chi connectivity index (χ0n) is 59.5. The molecule has 0 bridgehead atoms. The minimum atomic E-state index is -2.36. The van der Waals surface area contributed by atoms with Gasteiger partial charge in [-0.25, -0.2) is 18.0 Å². The number of unbranched alkanes of at least 4 members (excludes halogenated alkanes) is 14. The molecule has 0 fully saturated rings. The number of rotatable bonds is 69. The van der Waals surface area contributed by atoms with Crippen LogP contribution in [0.3, 0.4) is 0 Å². The summed E-state index contributed by atoms with van der Waals surface area (Å²) in [6.45, 7) is 11.0. The van der Waals surface area contributed by atoms with Gasteiger partial charge in [-0.15, -0.1) is 0 Å². The average Bonchev–Trinajstić information content (AvgIpc) is 0.802. The van der Waals surface area contributed by atoms with Gasteiger partial charge in [0.1, 0.15) is 19.3 Å². The SMILES string of the molecule is CCCCCCCCCCCN(C(=O)CCCCCCCCCC(=O)OCc1ccccc1)[C@@H](CCC(=O)NCCOCCOCCOCCOCCOCCOCCOCCOCCOCCOCCOCCOCCC(=O)Oc1c(F)c(F)c(F)c(F)c1F)C(=O)OCc1ccccc1. The largest absolute Gasteiger partial charge is 0.461 e. The van der Waals surface area contributed by atoms with Crippen LogP contribution in [-0.2, 0) is 104 Å². The van der Waals surface area contributed by atoms with Gasteiger partial charge in [-0.1, -0.05) is 151 Å². The lowest BCUT2D eigenvalue weighted by atomic mass is 10.0. The van der Waals surface area contributed by atoms with Crippen LogP contribution in [0, 0.1) is 29.1 Å². The molecular weight excluding hydrogens is 1330 g/mol. The number of hydrogen-bond acceptors (Lipinski definition) is 20. The molecule has 0 saturated heterocycles. The van der Waals surface area contributed by atoms with Gasteiger partial charge < -0.3 is 81.3 Å². The first-order valence-electron chi connectivity index (χ1n) is 36.0. The highest BCUT2D eigenvalue weighted by molar-refractivity contribution is 5.85. The highest BCUT2D eigenvalue weighted by Gasteiger charge is 2.32. The van der Waals surface area contributed by atoms with Crippen molar-refractivity contribution in [2.75, 3.05) is 172 Å². The average molecular weight is 1450 g/mol. The van der Waals surface area contributed by atoms with Crippen LogP contribution in [0.1, 0.15) is 153 Å². The fourth-order valence-corrected chi connectivity index (χ4v) is 9.79. The maximum atomic E-state index is 14.1. The first-order valence-corrected chi connectivity index (χ1v) is 36.0. The smallest absolute Gasteiger partial charge is 0.329 e. The molecule has 2 amide bonds. The van der Waals surface area contributed by atoms with E-state index in [-0.39, 0.29) is 90.0 Å². The van der Waals surface area contributed by atoms with E-state index in [0.717, 1.165) is 75.3 Å². The molecule has 0 aliphatic rings. The van der Waals surface area contributed by atoms with Crippen LogP contribution >= 0.6 is 0 Å². The molecule has 27 heteroatoms. The van der Waals surface area contributed by atoms with Crippen molar-refractivity contribution in [3.8, 4) is 5.75 Å². The molecule has 3 aromatic rings. The Kier molecular flexibility index (Phi) is 55.5. The van der Waals surface area contributed by atoms with Crippen LogP contribution in [0.4, 0.5) is 22.0 Å². The van der Waals surface area contributed by atoms with Gasteiger partial charge in [0.2, 0.25) is 46.6 Å². The van der Waals surface area contributed by atoms with Crippen molar-refractivity contribution < 1.29 is 117 Å². The van der Waals surface area contributed by atoms with Crippen molar-refractivity contribution in [1.82, 2.24) is 10.2 Å². The number of nitrogens with zero attached hydrogens (tertiary/aromatic N) is 1. The Morgan fingerprint density at radius 3 is 1.13 bits per heavy atom. The molecule has 3 rings (SSSR count). The molecule has 0 unspecified atom stereocenters. The Labute approximate surface area is 594 Å². The van der Waals surface area contributed by atoms with Gasteiger partial charge in [0.25, 0.3) is 0 Å². The fraction of sp³-hybridized carbons (Fsp3) is 0.689. The first kappa shape index (κ1) is 89.4. The summed E-state index contributed by atoms with van der Waals surface area (Å²) in [7, 11) is 0. The highest BCUT2D eigenvalue weighted by Crippen LogP contribution is 2.29. The van der Waals surface area contributed by atoms with E-state index in [4.69, 9.17) is 66.3 Å². The molecule has 0 radical (unpaired) electrons. The number of hydrogen-bond donors (Lipinski definition) is 1. The lowest BCUT2D eigenvalue weighted by Gasteiger charge is -2.31. The van der Waals surface area contributed by atoms with Crippen LogP contribution in [0.2, 0.25) is 0 Å². The Balaban J connectivity index is 1.12. The number of amides is 2. The molecule has 0 heterocycles. The minimum absolute atomic E-state index is 0.0316. The van der Waals surface area contributed by atoms with Crippen LogP contribution in [-0.4, -0.2) is 212 Å². The highest BCUT2D eigenvalue weighted by atomic mass is 19.2. The minimum Gasteiger partial charge on any atom is -0.461 e. The number of nitrogens with one attached hydrogen (secondary N) is 1. The van der Waals surface area contributed by atoms with Crippen molar-refractivity contribution >= 4 is 29.7 Å². The second-order valence-corrected chi connectivity index (χ2v) is 23.5.